The number of amides is 1. The Balaban J connectivity index is 3.07. The predicted octanol–water partition coefficient (Wildman–Crippen LogP) is -3.87. The second-order valence-corrected chi connectivity index (χ2v) is 4.91. The summed E-state index contributed by atoms with van der Waals surface area (Å²) >= 11 is 0. The molecule has 1 rings (SSSR count). The standard InChI is InChI=1S/C11H19NO9/c1-4(14)12-7-5(15)2-11(20,10(18)19)21-9(7)8(17)6(16)3-13/h5-9,13,15-17,20H,2-3H2,1H3,(H,12,14)(H,18,19)/t5-,6+,7+,8?,9+,11+/m0/s1. The van der Waals surface area contributed by atoms with E-state index in [0.29, 0.717) is 0 Å². The molecule has 0 bridgehead atoms. The van der Waals surface area contributed by atoms with E-state index < -0.39 is 61.1 Å². The lowest BCUT2D eigenvalue weighted by atomic mass is 9.88. The molecule has 21 heavy (non-hydrogen) atoms. The molecular formula is C11H19NO9. The quantitative estimate of drug-likeness (QED) is 0.268. The van der Waals surface area contributed by atoms with Gasteiger partial charge in [0.2, 0.25) is 5.91 Å². The maximum atomic E-state index is 11.1. The zero-order valence-corrected chi connectivity index (χ0v) is 11.2. The molecule has 1 unspecified atom stereocenters. The number of rotatable bonds is 5. The SMILES string of the molecule is CC(=O)N[C@@H]1[C@@H](O)C[C@](O)(C(=O)O)O[C@H]1C(O)[C@H](O)CO. The molecule has 6 atom stereocenters. The molecule has 10 heteroatoms. The van der Waals surface area contributed by atoms with Gasteiger partial charge in [-0.15, -0.1) is 0 Å². The van der Waals surface area contributed by atoms with Crippen molar-refractivity contribution in [1.82, 2.24) is 5.32 Å². The van der Waals surface area contributed by atoms with Crippen molar-refractivity contribution in [2.24, 2.45) is 0 Å². The van der Waals surface area contributed by atoms with E-state index in [1.165, 1.54) is 0 Å². The third kappa shape index (κ3) is 3.87. The van der Waals surface area contributed by atoms with Gasteiger partial charge in [0.1, 0.15) is 18.3 Å². The van der Waals surface area contributed by atoms with Crippen molar-refractivity contribution in [2.45, 2.75) is 49.6 Å². The van der Waals surface area contributed by atoms with Gasteiger partial charge < -0.3 is 40.7 Å². The van der Waals surface area contributed by atoms with E-state index in [-0.39, 0.29) is 0 Å². The van der Waals surface area contributed by atoms with Gasteiger partial charge in [0, 0.05) is 13.3 Å². The summed E-state index contributed by atoms with van der Waals surface area (Å²) in [5.74, 6) is -5.17. The van der Waals surface area contributed by atoms with Crippen LogP contribution in [0.4, 0.5) is 0 Å². The molecule has 1 heterocycles. The Kier molecular flexibility index (Phi) is 5.61. The number of aliphatic hydroxyl groups is 5. The molecule has 0 spiro atoms. The van der Waals surface area contributed by atoms with Crippen molar-refractivity contribution in [3.05, 3.63) is 0 Å². The van der Waals surface area contributed by atoms with Crippen LogP contribution in [0.5, 0.6) is 0 Å². The minimum atomic E-state index is -2.78. The summed E-state index contributed by atoms with van der Waals surface area (Å²) in [7, 11) is 0. The van der Waals surface area contributed by atoms with Gasteiger partial charge in [-0.2, -0.15) is 0 Å². The summed E-state index contributed by atoms with van der Waals surface area (Å²) in [5.41, 5.74) is 0. The zero-order chi connectivity index (χ0) is 16.4. The van der Waals surface area contributed by atoms with Gasteiger partial charge in [-0.3, -0.25) is 4.79 Å². The van der Waals surface area contributed by atoms with Crippen LogP contribution in [0.2, 0.25) is 0 Å². The van der Waals surface area contributed by atoms with Gasteiger partial charge in [-0.25, -0.2) is 4.79 Å². The van der Waals surface area contributed by atoms with Gasteiger partial charge in [0.25, 0.3) is 5.79 Å². The van der Waals surface area contributed by atoms with Crippen molar-refractivity contribution >= 4 is 11.9 Å². The number of carboxylic acid groups (broad SMARTS) is 1. The number of hydrogen-bond donors (Lipinski definition) is 7. The Labute approximate surface area is 119 Å². The molecule has 1 amide bonds. The van der Waals surface area contributed by atoms with Gasteiger partial charge >= 0.3 is 5.97 Å². The van der Waals surface area contributed by atoms with Crippen LogP contribution < -0.4 is 5.32 Å². The summed E-state index contributed by atoms with van der Waals surface area (Å²) in [6, 6.07) is -1.27. The van der Waals surface area contributed by atoms with E-state index in [9.17, 15) is 30.0 Å². The molecule has 7 N–H and O–H groups in total. The maximum absolute atomic E-state index is 11.1. The highest BCUT2D eigenvalue weighted by molar-refractivity contribution is 5.76. The van der Waals surface area contributed by atoms with Crippen molar-refractivity contribution in [3.63, 3.8) is 0 Å². The van der Waals surface area contributed by atoms with Crippen molar-refractivity contribution in [2.75, 3.05) is 6.61 Å². The van der Waals surface area contributed by atoms with Gasteiger partial charge in [0.15, 0.2) is 0 Å². The second-order valence-electron chi connectivity index (χ2n) is 4.91. The summed E-state index contributed by atoms with van der Waals surface area (Å²) in [6.07, 6.45) is -7.48. The van der Waals surface area contributed by atoms with Crippen LogP contribution in [0, 0.1) is 0 Å². The van der Waals surface area contributed by atoms with E-state index in [2.05, 4.69) is 5.32 Å². The Hall–Kier alpha value is -1.30. The van der Waals surface area contributed by atoms with Crippen LogP contribution in [0.15, 0.2) is 0 Å². The Morgan fingerprint density at radius 1 is 1.43 bits per heavy atom. The van der Waals surface area contributed by atoms with E-state index in [1.807, 2.05) is 0 Å². The first kappa shape index (κ1) is 17.8. The number of ether oxygens (including phenoxy) is 1. The van der Waals surface area contributed by atoms with Crippen LogP contribution in [-0.4, -0.2) is 85.4 Å². The monoisotopic (exact) mass is 309 g/mol. The number of carboxylic acids is 1. The molecule has 0 aromatic rings. The Morgan fingerprint density at radius 3 is 2.43 bits per heavy atom. The number of nitrogens with one attached hydrogen (secondary N) is 1. The lowest BCUT2D eigenvalue weighted by Gasteiger charge is -2.44. The van der Waals surface area contributed by atoms with Crippen LogP contribution in [0.25, 0.3) is 0 Å². The van der Waals surface area contributed by atoms with Crippen molar-refractivity contribution in [1.29, 1.82) is 0 Å². The Morgan fingerprint density at radius 2 is 2.00 bits per heavy atom. The van der Waals surface area contributed by atoms with Gasteiger partial charge in [-0.05, 0) is 0 Å². The fraction of sp³-hybridized carbons (Fsp3) is 0.818. The molecule has 0 radical (unpaired) electrons. The highest BCUT2D eigenvalue weighted by atomic mass is 16.7. The minimum absolute atomic E-state index is 0.598. The lowest BCUT2D eigenvalue weighted by molar-refractivity contribution is -0.295. The number of aliphatic carboxylic acids is 1. The van der Waals surface area contributed by atoms with Crippen LogP contribution >= 0.6 is 0 Å². The number of aliphatic hydroxyl groups excluding tert-OH is 4. The van der Waals surface area contributed by atoms with Crippen LogP contribution in [0.3, 0.4) is 0 Å². The molecule has 122 valence electrons. The maximum Gasteiger partial charge on any atom is 0.364 e. The first-order valence-electron chi connectivity index (χ1n) is 6.18. The first-order valence-corrected chi connectivity index (χ1v) is 6.18. The first-order chi connectivity index (χ1) is 9.62. The van der Waals surface area contributed by atoms with Gasteiger partial charge in [-0.1, -0.05) is 0 Å². The normalized spacial score (nSPS) is 35.8. The average Bonchev–Trinajstić information content (AvgIpc) is 2.39. The van der Waals surface area contributed by atoms with Gasteiger partial charge in [0.05, 0.1) is 18.8 Å². The molecule has 10 nitrogen and oxygen atoms in total. The summed E-state index contributed by atoms with van der Waals surface area (Å²) in [4.78, 5) is 22.1. The number of hydrogen-bond acceptors (Lipinski definition) is 8. The molecule has 1 aliphatic rings. The van der Waals surface area contributed by atoms with Crippen molar-refractivity contribution < 1.29 is 45.0 Å². The fourth-order valence-electron chi connectivity index (χ4n) is 2.14. The zero-order valence-electron chi connectivity index (χ0n) is 11.2. The average molecular weight is 309 g/mol. The molecule has 0 aromatic carbocycles. The van der Waals surface area contributed by atoms with E-state index in [0.717, 1.165) is 6.92 Å². The smallest absolute Gasteiger partial charge is 0.364 e. The molecule has 1 aliphatic heterocycles. The van der Waals surface area contributed by atoms with E-state index in [1.54, 1.807) is 0 Å². The number of carbonyl (C=O) groups is 2. The molecular weight excluding hydrogens is 290 g/mol. The second kappa shape index (κ2) is 6.64. The highest BCUT2D eigenvalue weighted by Gasteiger charge is 2.53. The third-order valence-corrected chi connectivity index (χ3v) is 3.21. The number of carbonyl (C=O) groups excluding carboxylic acids is 1. The Bertz CT molecular complexity index is 403. The predicted molar refractivity (Wildman–Crippen MR) is 64.8 cm³/mol. The summed E-state index contributed by atoms with van der Waals surface area (Å²) in [6.45, 7) is 0.256. The highest BCUT2D eigenvalue weighted by Crippen LogP contribution is 2.30. The molecule has 1 saturated heterocycles. The van der Waals surface area contributed by atoms with Crippen LogP contribution in [-0.2, 0) is 14.3 Å². The summed E-state index contributed by atoms with van der Waals surface area (Å²) < 4.78 is 4.86. The molecule has 0 aliphatic carbocycles. The van der Waals surface area contributed by atoms with Crippen molar-refractivity contribution in [3.8, 4) is 0 Å². The van der Waals surface area contributed by atoms with E-state index in [4.69, 9.17) is 14.9 Å². The summed E-state index contributed by atoms with van der Waals surface area (Å²) in [5, 5.41) is 59.0. The molecule has 1 fully saturated rings. The largest absolute Gasteiger partial charge is 0.477 e. The third-order valence-electron chi connectivity index (χ3n) is 3.21. The van der Waals surface area contributed by atoms with Crippen LogP contribution in [0.1, 0.15) is 13.3 Å². The topological polar surface area (TPSA) is 177 Å². The molecule has 0 saturated carbocycles. The fourth-order valence-corrected chi connectivity index (χ4v) is 2.14. The van der Waals surface area contributed by atoms with E-state index >= 15 is 0 Å². The lowest BCUT2D eigenvalue weighted by Crippen LogP contribution is -2.67. The molecule has 0 aromatic heterocycles. The minimum Gasteiger partial charge on any atom is -0.477 e.